The number of likely N-dealkylation sites (tertiary alicyclic amines) is 1. The maximum Gasteiger partial charge on any atom is 0.233 e. The van der Waals surface area contributed by atoms with Crippen molar-refractivity contribution in [1.29, 1.82) is 0 Å². The second-order valence-corrected chi connectivity index (χ2v) is 5.09. The fraction of sp³-hybridized carbons (Fsp3) is 0.667. The topological polar surface area (TPSA) is 63.4 Å². The average molecular weight is 220 g/mol. The highest BCUT2D eigenvalue weighted by Crippen LogP contribution is 2.39. The summed E-state index contributed by atoms with van der Waals surface area (Å²) in [4.78, 5) is 25.7. The number of nitrogens with zero attached hydrogens (tertiary/aromatic N) is 1. The van der Waals surface area contributed by atoms with Crippen molar-refractivity contribution in [1.82, 2.24) is 4.90 Å². The number of imide groups is 1. The molecule has 0 spiro atoms. The molecule has 2 amide bonds. The Kier molecular flexibility index (Phi) is 2.14. The van der Waals surface area contributed by atoms with Gasteiger partial charge in [0.25, 0.3) is 0 Å². The molecule has 2 N–H and O–H groups in total. The van der Waals surface area contributed by atoms with E-state index in [1.54, 1.807) is 0 Å². The normalized spacial score (nSPS) is 42.2. The van der Waals surface area contributed by atoms with Gasteiger partial charge in [-0.3, -0.25) is 14.5 Å². The number of hydrogen-bond donors (Lipinski definition) is 1. The minimum atomic E-state index is -0.0886. The van der Waals surface area contributed by atoms with Crippen LogP contribution in [0, 0.1) is 11.8 Å². The van der Waals surface area contributed by atoms with Crippen LogP contribution in [0.4, 0.5) is 0 Å². The summed E-state index contributed by atoms with van der Waals surface area (Å²) in [6, 6.07) is 0.256. The molecule has 2 fully saturated rings. The van der Waals surface area contributed by atoms with Crippen LogP contribution in [0.25, 0.3) is 0 Å². The summed E-state index contributed by atoms with van der Waals surface area (Å²) in [5, 5.41) is 0. The number of hydrogen-bond acceptors (Lipinski definition) is 3. The molecule has 2 atom stereocenters. The van der Waals surface area contributed by atoms with Crippen LogP contribution in [0.2, 0.25) is 0 Å². The molecule has 86 valence electrons. The fourth-order valence-electron chi connectivity index (χ4n) is 3.03. The van der Waals surface area contributed by atoms with Gasteiger partial charge in [0.2, 0.25) is 11.8 Å². The summed E-state index contributed by atoms with van der Waals surface area (Å²) >= 11 is 0. The first-order valence-electron chi connectivity index (χ1n) is 5.96. The van der Waals surface area contributed by atoms with Crippen LogP contribution in [0.3, 0.4) is 0 Å². The summed E-state index contributed by atoms with van der Waals surface area (Å²) in [6.45, 7) is 0. The lowest BCUT2D eigenvalue weighted by Gasteiger charge is -2.38. The molecule has 1 aliphatic heterocycles. The molecular formula is C12H16N2O2. The number of fused-ring (bicyclic) bond motifs is 1. The van der Waals surface area contributed by atoms with Gasteiger partial charge in [-0.1, -0.05) is 12.2 Å². The van der Waals surface area contributed by atoms with Crippen LogP contribution < -0.4 is 5.73 Å². The van der Waals surface area contributed by atoms with Gasteiger partial charge in [-0.2, -0.15) is 0 Å². The van der Waals surface area contributed by atoms with Crippen LogP contribution in [0.5, 0.6) is 0 Å². The van der Waals surface area contributed by atoms with Crippen molar-refractivity contribution in [3.8, 4) is 0 Å². The van der Waals surface area contributed by atoms with Crippen molar-refractivity contribution in [3.63, 3.8) is 0 Å². The second-order valence-electron chi connectivity index (χ2n) is 5.09. The molecule has 1 saturated heterocycles. The van der Waals surface area contributed by atoms with Gasteiger partial charge in [0.05, 0.1) is 11.8 Å². The van der Waals surface area contributed by atoms with Crippen molar-refractivity contribution in [2.75, 3.05) is 0 Å². The van der Waals surface area contributed by atoms with E-state index in [1.807, 2.05) is 12.2 Å². The Bertz CT molecular complexity index is 345. The highest BCUT2D eigenvalue weighted by molar-refractivity contribution is 6.05. The van der Waals surface area contributed by atoms with Gasteiger partial charge >= 0.3 is 0 Å². The first-order valence-corrected chi connectivity index (χ1v) is 5.96. The fourth-order valence-corrected chi connectivity index (χ4v) is 3.03. The standard InChI is InChI=1S/C12H16N2O2/c13-7-5-8(6-7)14-11(15)9-3-1-2-4-10(9)12(14)16/h1-2,7-10H,3-6,13H2/t7?,8?,9-,10+. The highest BCUT2D eigenvalue weighted by atomic mass is 16.2. The van der Waals surface area contributed by atoms with Crippen LogP contribution in [-0.2, 0) is 9.59 Å². The molecule has 0 radical (unpaired) electrons. The lowest BCUT2D eigenvalue weighted by Crippen LogP contribution is -2.53. The van der Waals surface area contributed by atoms with Crippen molar-refractivity contribution in [2.45, 2.75) is 37.8 Å². The van der Waals surface area contributed by atoms with E-state index in [-0.39, 0.29) is 35.7 Å². The third kappa shape index (κ3) is 1.26. The molecule has 3 aliphatic rings. The average Bonchev–Trinajstić information content (AvgIpc) is 2.49. The Labute approximate surface area is 94.5 Å². The molecule has 0 aromatic carbocycles. The summed E-state index contributed by atoms with van der Waals surface area (Å²) in [6.07, 6.45) is 7.05. The first kappa shape index (κ1) is 10.0. The van der Waals surface area contributed by atoms with Crippen molar-refractivity contribution in [2.24, 2.45) is 17.6 Å². The highest BCUT2D eigenvalue weighted by Gasteiger charge is 2.51. The molecule has 16 heavy (non-hydrogen) atoms. The van der Waals surface area contributed by atoms with Gasteiger partial charge in [0.15, 0.2) is 0 Å². The monoisotopic (exact) mass is 220 g/mol. The molecule has 2 aliphatic carbocycles. The van der Waals surface area contributed by atoms with Gasteiger partial charge in [0, 0.05) is 12.1 Å². The smallest absolute Gasteiger partial charge is 0.233 e. The predicted molar refractivity (Wildman–Crippen MR) is 58.2 cm³/mol. The lowest BCUT2D eigenvalue weighted by molar-refractivity contribution is -0.144. The Morgan fingerprint density at radius 2 is 1.56 bits per heavy atom. The predicted octanol–water partition coefficient (Wildman–Crippen LogP) is 0.427. The molecule has 3 rings (SSSR count). The van der Waals surface area contributed by atoms with Crippen LogP contribution >= 0.6 is 0 Å². The lowest BCUT2D eigenvalue weighted by atomic mass is 9.85. The molecule has 0 unspecified atom stereocenters. The zero-order chi connectivity index (χ0) is 11.3. The van der Waals surface area contributed by atoms with E-state index in [0.717, 1.165) is 25.7 Å². The van der Waals surface area contributed by atoms with E-state index >= 15 is 0 Å². The quantitative estimate of drug-likeness (QED) is 0.515. The number of rotatable bonds is 1. The Hall–Kier alpha value is -1.16. The largest absolute Gasteiger partial charge is 0.328 e. The Balaban J connectivity index is 1.81. The maximum atomic E-state index is 12.1. The van der Waals surface area contributed by atoms with Gasteiger partial charge in [-0.05, 0) is 25.7 Å². The van der Waals surface area contributed by atoms with Gasteiger partial charge < -0.3 is 5.73 Å². The zero-order valence-corrected chi connectivity index (χ0v) is 9.13. The molecule has 1 heterocycles. The van der Waals surface area contributed by atoms with Crippen molar-refractivity contribution in [3.05, 3.63) is 12.2 Å². The van der Waals surface area contributed by atoms with Crippen molar-refractivity contribution < 1.29 is 9.59 Å². The molecule has 4 heteroatoms. The molecular weight excluding hydrogens is 204 g/mol. The van der Waals surface area contributed by atoms with Gasteiger partial charge in [-0.25, -0.2) is 0 Å². The number of allylic oxidation sites excluding steroid dienone is 2. The molecule has 0 bridgehead atoms. The van der Waals surface area contributed by atoms with E-state index in [2.05, 4.69) is 0 Å². The van der Waals surface area contributed by atoms with E-state index in [0.29, 0.717) is 0 Å². The van der Waals surface area contributed by atoms with Crippen molar-refractivity contribution >= 4 is 11.8 Å². The van der Waals surface area contributed by atoms with E-state index in [4.69, 9.17) is 5.73 Å². The molecule has 0 aromatic rings. The number of carbonyl (C=O) groups is 2. The number of nitrogens with two attached hydrogens (primary N) is 1. The Morgan fingerprint density at radius 1 is 1.06 bits per heavy atom. The van der Waals surface area contributed by atoms with Gasteiger partial charge in [0.1, 0.15) is 0 Å². The van der Waals surface area contributed by atoms with E-state index in [1.165, 1.54) is 4.90 Å². The third-order valence-electron chi connectivity index (χ3n) is 4.06. The van der Waals surface area contributed by atoms with E-state index < -0.39 is 0 Å². The minimum absolute atomic E-state index is 0.0382. The summed E-state index contributed by atoms with van der Waals surface area (Å²) in [7, 11) is 0. The summed E-state index contributed by atoms with van der Waals surface area (Å²) < 4.78 is 0. The number of carbonyl (C=O) groups excluding carboxylic acids is 2. The first-order chi connectivity index (χ1) is 7.68. The van der Waals surface area contributed by atoms with Crippen LogP contribution in [-0.4, -0.2) is 28.8 Å². The number of amides is 2. The minimum Gasteiger partial charge on any atom is -0.328 e. The van der Waals surface area contributed by atoms with Crippen LogP contribution in [0.1, 0.15) is 25.7 Å². The Morgan fingerprint density at radius 3 is 2.00 bits per heavy atom. The zero-order valence-electron chi connectivity index (χ0n) is 9.13. The molecule has 0 aromatic heterocycles. The summed E-state index contributed by atoms with van der Waals surface area (Å²) in [5.74, 6) is -0.101. The van der Waals surface area contributed by atoms with Gasteiger partial charge in [-0.15, -0.1) is 0 Å². The second kappa shape index (κ2) is 3.42. The maximum absolute atomic E-state index is 12.1. The molecule has 4 nitrogen and oxygen atoms in total. The molecule has 1 saturated carbocycles. The van der Waals surface area contributed by atoms with Crippen LogP contribution in [0.15, 0.2) is 12.2 Å². The summed E-state index contributed by atoms with van der Waals surface area (Å²) in [5.41, 5.74) is 5.71. The SMILES string of the molecule is NC1CC(N2C(=O)[C@H]3CC=CC[C@H]3C2=O)C1. The third-order valence-corrected chi connectivity index (χ3v) is 4.06. The van der Waals surface area contributed by atoms with E-state index in [9.17, 15) is 9.59 Å².